The van der Waals surface area contributed by atoms with E-state index in [1.54, 1.807) is 0 Å². The lowest BCUT2D eigenvalue weighted by Gasteiger charge is -2.21. The monoisotopic (exact) mass is 224 g/mol. The van der Waals surface area contributed by atoms with Crippen LogP contribution in [0, 0.1) is 0 Å². The summed E-state index contributed by atoms with van der Waals surface area (Å²) in [5, 5.41) is 4.02. The van der Waals surface area contributed by atoms with Crippen LogP contribution in [0.15, 0.2) is 4.52 Å². The van der Waals surface area contributed by atoms with Gasteiger partial charge in [0.25, 0.3) is 5.95 Å². The molecule has 2 heterocycles. The molecular formula is C11H20N4O. The van der Waals surface area contributed by atoms with Gasteiger partial charge in [-0.2, -0.15) is 4.98 Å². The van der Waals surface area contributed by atoms with E-state index in [0.29, 0.717) is 11.8 Å². The van der Waals surface area contributed by atoms with Crippen LogP contribution in [0.1, 0.15) is 45.4 Å². The fraction of sp³-hybridized carbons (Fsp3) is 0.818. The van der Waals surface area contributed by atoms with E-state index in [1.807, 2.05) is 13.8 Å². The van der Waals surface area contributed by atoms with Crippen molar-refractivity contribution >= 4 is 5.95 Å². The molecule has 90 valence electrons. The van der Waals surface area contributed by atoms with Gasteiger partial charge in [0.15, 0.2) is 0 Å². The van der Waals surface area contributed by atoms with E-state index in [1.165, 1.54) is 12.8 Å². The van der Waals surface area contributed by atoms with Crippen LogP contribution < -0.4 is 10.6 Å². The molecule has 0 unspecified atom stereocenters. The molecule has 16 heavy (non-hydrogen) atoms. The summed E-state index contributed by atoms with van der Waals surface area (Å²) in [6, 6.07) is 0. The standard InChI is InChI=1S/C11H20N4O/c1-3-11(12,4-2)9-13-10(14-16-9)15-7-5-6-8-15/h3-8,12H2,1-2H3. The van der Waals surface area contributed by atoms with Crippen LogP contribution in [-0.2, 0) is 5.54 Å². The van der Waals surface area contributed by atoms with Crippen LogP contribution in [0.3, 0.4) is 0 Å². The maximum atomic E-state index is 6.22. The minimum atomic E-state index is -0.467. The van der Waals surface area contributed by atoms with Gasteiger partial charge in [-0.05, 0) is 30.8 Å². The number of hydrogen-bond acceptors (Lipinski definition) is 5. The van der Waals surface area contributed by atoms with Gasteiger partial charge in [-0.1, -0.05) is 13.8 Å². The normalized spacial score (nSPS) is 17.1. The highest BCUT2D eigenvalue weighted by Crippen LogP contribution is 2.26. The smallest absolute Gasteiger partial charge is 0.266 e. The van der Waals surface area contributed by atoms with Crippen LogP contribution in [0.4, 0.5) is 5.95 Å². The second-order valence-corrected chi connectivity index (χ2v) is 4.46. The number of rotatable bonds is 4. The molecule has 0 amide bonds. The van der Waals surface area contributed by atoms with Crippen LogP contribution in [-0.4, -0.2) is 23.2 Å². The first kappa shape index (κ1) is 11.4. The number of nitrogens with two attached hydrogens (primary N) is 1. The van der Waals surface area contributed by atoms with E-state index in [4.69, 9.17) is 10.3 Å². The predicted molar refractivity (Wildman–Crippen MR) is 62.2 cm³/mol. The first-order chi connectivity index (χ1) is 7.69. The first-order valence-electron chi connectivity index (χ1n) is 6.07. The predicted octanol–water partition coefficient (Wildman–Crippen LogP) is 1.64. The minimum absolute atomic E-state index is 0.467. The molecule has 0 radical (unpaired) electrons. The average molecular weight is 224 g/mol. The van der Waals surface area contributed by atoms with Gasteiger partial charge < -0.3 is 15.2 Å². The summed E-state index contributed by atoms with van der Waals surface area (Å²) >= 11 is 0. The second-order valence-electron chi connectivity index (χ2n) is 4.46. The van der Waals surface area contributed by atoms with Gasteiger partial charge in [0.1, 0.15) is 0 Å². The first-order valence-corrected chi connectivity index (χ1v) is 6.07. The summed E-state index contributed by atoms with van der Waals surface area (Å²) in [5.41, 5.74) is 5.75. The van der Waals surface area contributed by atoms with Crippen LogP contribution in [0.5, 0.6) is 0 Å². The largest absolute Gasteiger partial charge is 0.338 e. The molecule has 2 rings (SSSR count). The molecule has 5 heteroatoms. The second kappa shape index (κ2) is 4.41. The Morgan fingerprint density at radius 2 is 1.94 bits per heavy atom. The number of nitrogens with zero attached hydrogens (tertiary/aromatic N) is 3. The summed E-state index contributed by atoms with van der Waals surface area (Å²) in [6.45, 7) is 6.13. The fourth-order valence-corrected chi connectivity index (χ4v) is 2.02. The Labute approximate surface area is 96.0 Å². The molecule has 5 nitrogen and oxygen atoms in total. The van der Waals surface area contributed by atoms with E-state index in [9.17, 15) is 0 Å². The zero-order valence-electron chi connectivity index (χ0n) is 10.1. The summed E-state index contributed by atoms with van der Waals surface area (Å²) < 4.78 is 5.30. The molecule has 1 aromatic heterocycles. The zero-order valence-corrected chi connectivity index (χ0v) is 10.1. The Kier molecular flexibility index (Phi) is 3.14. The highest BCUT2D eigenvalue weighted by atomic mass is 16.5. The molecule has 1 aromatic rings. The van der Waals surface area contributed by atoms with Crippen molar-refractivity contribution in [2.45, 2.75) is 45.1 Å². The van der Waals surface area contributed by atoms with Crippen LogP contribution >= 0.6 is 0 Å². The van der Waals surface area contributed by atoms with E-state index < -0.39 is 5.54 Å². The average Bonchev–Trinajstić information content (AvgIpc) is 2.97. The van der Waals surface area contributed by atoms with Crippen molar-refractivity contribution in [1.82, 2.24) is 10.1 Å². The topological polar surface area (TPSA) is 68.2 Å². The number of anilines is 1. The fourth-order valence-electron chi connectivity index (χ4n) is 2.02. The van der Waals surface area contributed by atoms with Crippen molar-refractivity contribution < 1.29 is 4.52 Å². The maximum Gasteiger partial charge on any atom is 0.266 e. The minimum Gasteiger partial charge on any atom is -0.338 e. The van der Waals surface area contributed by atoms with Gasteiger partial charge >= 0.3 is 0 Å². The summed E-state index contributed by atoms with van der Waals surface area (Å²) in [6.07, 6.45) is 4.04. The molecule has 0 spiro atoms. The lowest BCUT2D eigenvalue weighted by atomic mass is 9.94. The summed E-state index contributed by atoms with van der Waals surface area (Å²) in [5.74, 6) is 1.27. The molecule has 0 aliphatic carbocycles. The third kappa shape index (κ3) is 1.91. The van der Waals surface area contributed by atoms with Gasteiger partial charge in [-0.3, -0.25) is 0 Å². The Bertz CT molecular complexity index is 340. The SMILES string of the molecule is CCC(N)(CC)c1nc(N2CCCC2)no1. The van der Waals surface area contributed by atoms with Crippen LogP contribution in [0.25, 0.3) is 0 Å². The van der Waals surface area contributed by atoms with Gasteiger partial charge in [0, 0.05) is 13.1 Å². The molecule has 1 aliphatic rings. The highest BCUT2D eigenvalue weighted by Gasteiger charge is 2.31. The maximum absolute atomic E-state index is 6.22. The Morgan fingerprint density at radius 1 is 1.31 bits per heavy atom. The number of aromatic nitrogens is 2. The Hall–Kier alpha value is -1.10. The van der Waals surface area contributed by atoms with Crippen LogP contribution in [0.2, 0.25) is 0 Å². The van der Waals surface area contributed by atoms with E-state index in [-0.39, 0.29) is 0 Å². The zero-order chi connectivity index (χ0) is 11.6. The summed E-state index contributed by atoms with van der Waals surface area (Å²) in [7, 11) is 0. The lowest BCUT2D eigenvalue weighted by molar-refractivity contribution is 0.267. The van der Waals surface area contributed by atoms with E-state index in [2.05, 4.69) is 15.0 Å². The molecule has 1 aliphatic heterocycles. The lowest BCUT2D eigenvalue weighted by Crippen LogP contribution is -2.35. The van der Waals surface area contributed by atoms with Gasteiger partial charge in [-0.25, -0.2) is 0 Å². The molecule has 1 saturated heterocycles. The third-order valence-corrected chi connectivity index (χ3v) is 3.49. The van der Waals surface area contributed by atoms with Gasteiger partial charge in [0.2, 0.25) is 5.89 Å². The third-order valence-electron chi connectivity index (χ3n) is 3.49. The van der Waals surface area contributed by atoms with Crippen molar-refractivity contribution in [3.63, 3.8) is 0 Å². The Balaban J connectivity index is 2.17. The molecule has 0 aromatic carbocycles. The molecule has 0 saturated carbocycles. The summed E-state index contributed by atoms with van der Waals surface area (Å²) in [4.78, 5) is 6.58. The van der Waals surface area contributed by atoms with E-state index in [0.717, 1.165) is 25.9 Å². The van der Waals surface area contributed by atoms with Gasteiger partial charge in [0.05, 0.1) is 5.54 Å². The highest BCUT2D eigenvalue weighted by molar-refractivity contribution is 5.29. The van der Waals surface area contributed by atoms with Crippen molar-refractivity contribution in [2.24, 2.45) is 5.73 Å². The molecule has 0 bridgehead atoms. The van der Waals surface area contributed by atoms with Crippen molar-refractivity contribution in [1.29, 1.82) is 0 Å². The molecule has 1 fully saturated rings. The van der Waals surface area contributed by atoms with E-state index >= 15 is 0 Å². The Morgan fingerprint density at radius 3 is 2.50 bits per heavy atom. The molecular weight excluding hydrogens is 204 g/mol. The van der Waals surface area contributed by atoms with Crippen molar-refractivity contribution in [2.75, 3.05) is 18.0 Å². The quantitative estimate of drug-likeness (QED) is 0.842. The molecule has 0 atom stereocenters. The van der Waals surface area contributed by atoms with Crippen molar-refractivity contribution in [3.05, 3.63) is 5.89 Å². The van der Waals surface area contributed by atoms with Crippen molar-refractivity contribution in [3.8, 4) is 0 Å². The number of hydrogen-bond donors (Lipinski definition) is 1. The molecule has 2 N–H and O–H groups in total. The van der Waals surface area contributed by atoms with Gasteiger partial charge in [-0.15, -0.1) is 0 Å².